The van der Waals surface area contributed by atoms with E-state index in [0.717, 1.165) is 16.7 Å². The van der Waals surface area contributed by atoms with Crippen LogP contribution in [0.3, 0.4) is 0 Å². The van der Waals surface area contributed by atoms with Gasteiger partial charge in [-0.1, -0.05) is 12.1 Å². The van der Waals surface area contributed by atoms with E-state index in [1.165, 1.54) is 18.6 Å². The summed E-state index contributed by atoms with van der Waals surface area (Å²) < 4.78 is 5.73. The molecule has 116 valence electrons. The summed E-state index contributed by atoms with van der Waals surface area (Å²) in [5, 5.41) is 2.77. The number of carbonyl (C=O) groups excluding carboxylic acids is 1. The zero-order valence-corrected chi connectivity index (χ0v) is 12.5. The van der Waals surface area contributed by atoms with Crippen LogP contribution in [0.5, 0.6) is 0 Å². The molecule has 0 spiro atoms. The number of nitrogens with one attached hydrogen (secondary N) is 1. The SMILES string of the molecule is O=C(Nc1ccc(-c2nc3ccccc3o2)cc1)c1cnccn1. The largest absolute Gasteiger partial charge is 0.436 e. The lowest BCUT2D eigenvalue weighted by molar-refractivity contribution is 0.102. The third kappa shape index (κ3) is 2.72. The summed E-state index contributed by atoms with van der Waals surface area (Å²) in [7, 11) is 0. The summed E-state index contributed by atoms with van der Waals surface area (Å²) in [5.41, 5.74) is 3.31. The van der Waals surface area contributed by atoms with Crippen LogP contribution in [0, 0.1) is 0 Å². The van der Waals surface area contributed by atoms with Gasteiger partial charge in [-0.3, -0.25) is 9.78 Å². The number of carbonyl (C=O) groups is 1. The number of rotatable bonds is 3. The predicted molar refractivity (Wildman–Crippen MR) is 89.4 cm³/mol. The lowest BCUT2D eigenvalue weighted by Gasteiger charge is -2.04. The molecule has 0 aliphatic carbocycles. The van der Waals surface area contributed by atoms with Crippen molar-refractivity contribution in [2.75, 3.05) is 5.32 Å². The average Bonchev–Trinajstić information content (AvgIpc) is 3.07. The molecule has 1 N–H and O–H groups in total. The second kappa shape index (κ2) is 5.92. The molecule has 0 radical (unpaired) electrons. The molecule has 0 unspecified atom stereocenters. The summed E-state index contributed by atoms with van der Waals surface area (Å²) in [6, 6.07) is 14.9. The zero-order chi connectivity index (χ0) is 16.4. The van der Waals surface area contributed by atoms with Gasteiger partial charge in [-0.15, -0.1) is 0 Å². The molecule has 0 saturated carbocycles. The van der Waals surface area contributed by atoms with Crippen LogP contribution in [-0.2, 0) is 0 Å². The molecule has 24 heavy (non-hydrogen) atoms. The van der Waals surface area contributed by atoms with Gasteiger partial charge in [0.15, 0.2) is 5.58 Å². The molecule has 0 bridgehead atoms. The number of benzene rings is 2. The van der Waals surface area contributed by atoms with E-state index in [9.17, 15) is 4.79 Å². The predicted octanol–water partition coefficient (Wildman–Crippen LogP) is 3.54. The lowest BCUT2D eigenvalue weighted by atomic mass is 10.2. The number of oxazole rings is 1. The molecular formula is C18H12N4O2. The van der Waals surface area contributed by atoms with Gasteiger partial charge in [-0.2, -0.15) is 0 Å². The number of hydrogen-bond acceptors (Lipinski definition) is 5. The Hall–Kier alpha value is -3.54. The molecule has 0 aliphatic heterocycles. The topological polar surface area (TPSA) is 80.9 Å². The number of aromatic nitrogens is 3. The Bertz CT molecular complexity index is 961. The van der Waals surface area contributed by atoms with Crippen molar-refractivity contribution in [2.45, 2.75) is 0 Å². The molecule has 6 nitrogen and oxygen atoms in total. The molecule has 2 heterocycles. The maximum Gasteiger partial charge on any atom is 0.275 e. The maximum atomic E-state index is 12.0. The van der Waals surface area contributed by atoms with Crippen LogP contribution in [0.4, 0.5) is 5.69 Å². The van der Waals surface area contributed by atoms with Gasteiger partial charge in [-0.25, -0.2) is 9.97 Å². The molecule has 4 aromatic rings. The van der Waals surface area contributed by atoms with Crippen LogP contribution in [0.2, 0.25) is 0 Å². The molecule has 2 aromatic heterocycles. The Labute approximate surface area is 137 Å². The first-order valence-electron chi connectivity index (χ1n) is 7.33. The minimum absolute atomic E-state index is 0.264. The molecular weight excluding hydrogens is 304 g/mol. The number of fused-ring (bicyclic) bond motifs is 1. The summed E-state index contributed by atoms with van der Waals surface area (Å²) in [6.45, 7) is 0. The monoisotopic (exact) mass is 316 g/mol. The fourth-order valence-corrected chi connectivity index (χ4v) is 2.30. The molecule has 1 amide bonds. The van der Waals surface area contributed by atoms with E-state index >= 15 is 0 Å². The van der Waals surface area contributed by atoms with Gasteiger partial charge in [0.1, 0.15) is 11.2 Å². The van der Waals surface area contributed by atoms with Crippen molar-refractivity contribution in [3.8, 4) is 11.5 Å². The van der Waals surface area contributed by atoms with Gasteiger partial charge in [0.25, 0.3) is 5.91 Å². The van der Waals surface area contributed by atoms with Crippen LogP contribution in [-0.4, -0.2) is 20.9 Å². The standard InChI is InChI=1S/C18H12N4O2/c23-17(15-11-19-9-10-20-15)21-13-7-5-12(6-8-13)18-22-14-3-1-2-4-16(14)24-18/h1-11H,(H,21,23). The number of amides is 1. The first-order chi connectivity index (χ1) is 11.8. The third-order valence-electron chi connectivity index (χ3n) is 3.48. The molecule has 4 rings (SSSR count). The van der Waals surface area contributed by atoms with Crippen molar-refractivity contribution < 1.29 is 9.21 Å². The molecule has 6 heteroatoms. The third-order valence-corrected chi connectivity index (χ3v) is 3.48. The van der Waals surface area contributed by atoms with Crippen LogP contribution in [0.1, 0.15) is 10.5 Å². The van der Waals surface area contributed by atoms with Crippen molar-refractivity contribution in [3.63, 3.8) is 0 Å². The van der Waals surface area contributed by atoms with Crippen molar-refractivity contribution in [3.05, 3.63) is 72.8 Å². The highest BCUT2D eigenvalue weighted by Crippen LogP contribution is 2.25. The number of hydrogen-bond donors (Lipinski definition) is 1. The number of anilines is 1. The summed E-state index contributed by atoms with van der Waals surface area (Å²) in [6.07, 6.45) is 4.42. The Kier molecular flexibility index (Phi) is 3.47. The Morgan fingerprint density at radius 2 is 1.83 bits per heavy atom. The highest BCUT2D eigenvalue weighted by atomic mass is 16.3. The fourth-order valence-electron chi connectivity index (χ4n) is 2.30. The minimum atomic E-state index is -0.308. The van der Waals surface area contributed by atoms with E-state index in [-0.39, 0.29) is 11.6 Å². The number of nitrogens with zero attached hydrogens (tertiary/aromatic N) is 3. The minimum Gasteiger partial charge on any atom is -0.436 e. The van der Waals surface area contributed by atoms with E-state index in [1.807, 2.05) is 36.4 Å². The number of para-hydroxylation sites is 2. The van der Waals surface area contributed by atoms with Gasteiger partial charge in [0.05, 0.1) is 6.20 Å². The van der Waals surface area contributed by atoms with Crippen LogP contribution in [0.15, 0.2) is 71.5 Å². The maximum absolute atomic E-state index is 12.0. The van der Waals surface area contributed by atoms with Crippen molar-refractivity contribution in [1.82, 2.24) is 15.0 Å². The first-order valence-corrected chi connectivity index (χ1v) is 7.33. The Morgan fingerprint density at radius 3 is 2.58 bits per heavy atom. The average molecular weight is 316 g/mol. The van der Waals surface area contributed by atoms with Gasteiger partial charge in [-0.05, 0) is 36.4 Å². The lowest BCUT2D eigenvalue weighted by Crippen LogP contribution is -2.13. The molecule has 0 saturated heterocycles. The molecule has 0 atom stereocenters. The van der Waals surface area contributed by atoms with Gasteiger partial charge >= 0.3 is 0 Å². The van der Waals surface area contributed by atoms with E-state index < -0.39 is 0 Å². The van der Waals surface area contributed by atoms with Gasteiger partial charge in [0, 0.05) is 23.6 Å². The Morgan fingerprint density at radius 1 is 1.00 bits per heavy atom. The molecule has 2 aromatic carbocycles. The quantitative estimate of drug-likeness (QED) is 0.625. The molecule has 0 fully saturated rings. The summed E-state index contributed by atoms with van der Waals surface area (Å²) in [4.78, 5) is 24.3. The highest BCUT2D eigenvalue weighted by molar-refractivity contribution is 6.02. The van der Waals surface area contributed by atoms with Crippen LogP contribution >= 0.6 is 0 Å². The van der Waals surface area contributed by atoms with E-state index in [0.29, 0.717) is 11.6 Å². The summed E-state index contributed by atoms with van der Waals surface area (Å²) in [5.74, 6) is 0.237. The molecule has 0 aliphatic rings. The van der Waals surface area contributed by atoms with Crippen molar-refractivity contribution >= 4 is 22.7 Å². The van der Waals surface area contributed by atoms with Gasteiger partial charge < -0.3 is 9.73 Å². The first kappa shape index (κ1) is 14.1. The van der Waals surface area contributed by atoms with Crippen LogP contribution < -0.4 is 5.32 Å². The second-order valence-corrected chi connectivity index (χ2v) is 5.11. The Balaban J connectivity index is 1.55. The second-order valence-electron chi connectivity index (χ2n) is 5.11. The van der Waals surface area contributed by atoms with Crippen LogP contribution in [0.25, 0.3) is 22.6 Å². The summed E-state index contributed by atoms with van der Waals surface area (Å²) >= 11 is 0. The fraction of sp³-hybridized carbons (Fsp3) is 0. The smallest absolute Gasteiger partial charge is 0.275 e. The van der Waals surface area contributed by atoms with E-state index in [1.54, 1.807) is 12.1 Å². The highest BCUT2D eigenvalue weighted by Gasteiger charge is 2.10. The van der Waals surface area contributed by atoms with Crippen molar-refractivity contribution in [2.24, 2.45) is 0 Å². The van der Waals surface area contributed by atoms with E-state index in [2.05, 4.69) is 20.3 Å². The normalized spacial score (nSPS) is 10.7. The zero-order valence-electron chi connectivity index (χ0n) is 12.5. The van der Waals surface area contributed by atoms with Gasteiger partial charge in [0.2, 0.25) is 5.89 Å². The van der Waals surface area contributed by atoms with Crippen molar-refractivity contribution in [1.29, 1.82) is 0 Å². The van der Waals surface area contributed by atoms with E-state index in [4.69, 9.17) is 4.42 Å².